The number of fused-ring (bicyclic) bond motifs is 4. The summed E-state index contributed by atoms with van der Waals surface area (Å²) in [6.45, 7) is 1.80. The van der Waals surface area contributed by atoms with Crippen molar-refractivity contribution in [1.29, 1.82) is 0 Å². The van der Waals surface area contributed by atoms with Crippen molar-refractivity contribution >= 4 is 43.6 Å². The topological polar surface area (TPSA) is 66.2 Å². The molecule has 0 amide bonds. The van der Waals surface area contributed by atoms with Crippen LogP contribution in [0.1, 0.15) is 5.56 Å². The van der Waals surface area contributed by atoms with Gasteiger partial charge in [0, 0.05) is 27.6 Å². The van der Waals surface area contributed by atoms with Crippen LogP contribution < -0.4 is 0 Å². The maximum Gasteiger partial charge on any atom is 0.119 e. The van der Waals surface area contributed by atoms with Gasteiger partial charge in [0.05, 0.1) is 22.1 Å². The molecule has 5 aromatic carbocycles. The summed E-state index contributed by atoms with van der Waals surface area (Å²) in [6.07, 6.45) is 0. The van der Waals surface area contributed by atoms with Gasteiger partial charge in [0.25, 0.3) is 0 Å². The highest BCUT2D eigenvalue weighted by atomic mass is 16.3. The molecule has 7 aromatic rings. The summed E-state index contributed by atoms with van der Waals surface area (Å²) in [5, 5.41) is 22.5. The number of pyridine rings is 2. The van der Waals surface area contributed by atoms with Crippen LogP contribution in [0, 0.1) is 6.92 Å². The van der Waals surface area contributed by atoms with Gasteiger partial charge in [0.1, 0.15) is 11.5 Å². The molecule has 0 aliphatic carbocycles. The highest BCUT2D eigenvalue weighted by Gasteiger charge is 1.98. The fraction of sp³-hybridized carbons (Fsp3) is 0.0303. The van der Waals surface area contributed by atoms with Gasteiger partial charge in [-0.2, -0.15) is 0 Å². The molecule has 180 valence electrons. The van der Waals surface area contributed by atoms with Gasteiger partial charge in [-0.3, -0.25) is 0 Å². The molecule has 2 heterocycles. The molecule has 0 aliphatic rings. The first-order valence-corrected chi connectivity index (χ1v) is 12.0. The van der Waals surface area contributed by atoms with Gasteiger partial charge < -0.3 is 10.2 Å². The molecule has 37 heavy (non-hydrogen) atoms. The van der Waals surface area contributed by atoms with Gasteiger partial charge >= 0.3 is 0 Å². The Morgan fingerprint density at radius 1 is 0.405 bits per heavy atom. The van der Waals surface area contributed by atoms with Gasteiger partial charge in [-0.05, 0) is 61.0 Å². The second kappa shape index (κ2) is 10.8. The minimum Gasteiger partial charge on any atom is -0.508 e. The van der Waals surface area contributed by atoms with Crippen LogP contribution in [0.3, 0.4) is 0 Å². The van der Waals surface area contributed by atoms with E-state index in [4.69, 9.17) is 10.2 Å². The third-order valence-corrected chi connectivity index (χ3v) is 5.90. The molecule has 0 unspecified atom stereocenters. The number of nitrogens with zero attached hydrogens (tertiary/aromatic N) is 2. The number of benzene rings is 5. The number of rotatable bonds is 0. The molecule has 4 nitrogen and oxygen atoms in total. The van der Waals surface area contributed by atoms with Gasteiger partial charge in [-0.1, -0.05) is 72.8 Å². The monoisotopic (exact) mass is 482 g/mol. The molecule has 2 aromatic heterocycles. The second-order valence-electron chi connectivity index (χ2n) is 8.77. The molecule has 2 N–H and O–H groups in total. The number of phenolic OH excluding ortho intramolecular Hbond substituents is 2. The highest BCUT2D eigenvalue weighted by Crippen LogP contribution is 2.20. The molecule has 0 bridgehead atoms. The van der Waals surface area contributed by atoms with Gasteiger partial charge in [0.2, 0.25) is 0 Å². The quantitative estimate of drug-likeness (QED) is 0.214. The molecular formula is C33H26N2O2. The maximum absolute atomic E-state index is 8.83. The van der Waals surface area contributed by atoms with Crippen molar-refractivity contribution in [2.75, 3.05) is 0 Å². The summed E-state index contributed by atoms with van der Waals surface area (Å²) in [4.78, 5) is 9.16. The molecule has 7 rings (SSSR count). The molecule has 0 radical (unpaired) electrons. The predicted octanol–water partition coefficient (Wildman–Crippen LogP) is 8.18. The first-order valence-electron chi connectivity index (χ1n) is 12.0. The Balaban J connectivity index is 0.000000117. The van der Waals surface area contributed by atoms with Crippen LogP contribution >= 0.6 is 0 Å². The van der Waals surface area contributed by atoms with Crippen molar-refractivity contribution in [1.82, 2.24) is 9.97 Å². The SMILES string of the molecule is Cc1cc(O)cc(O)c1.c1ccc2nc3ccccc3cc2c1.c1ccc2nc3ccccc3cc2c1. The van der Waals surface area contributed by atoms with E-state index >= 15 is 0 Å². The van der Waals surface area contributed by atoms with Crippen molar-refractivity contribution in [2.45, 2.75) is 6.92 Å². The van der Waals surface area contributed by atoms with Gasteiger partial charge in [-0.25, -0.2) is 9.97 Å². The van der Waals surface area contributed by atoms with Crippen LogP contribution in [0.4, 0.5) is 0 Å². The van der Waals surface area contributed by atoms with Crippen LogP contribution in [-0.2, 0) is 0 Å². The summed E-state index contributed by atoms with van der Waals surface area (Å²) in [6, 6.07) is 41.6. The van der Waals surface area contributed by atoms with Crippen LogP contribution in [0.15, 0.2) is 127 Å². The van der Waals surface area contributed by atoms with E-state index in [-0.39, 0.29) is 11.5 Å². The number of aromatic nitrogens is 2. The maximum atomic E-state index is 8.83. The fourth-order valence-corrected chi connectivity index (χ4v) is 4.18. The van der Waals surface area contributed by atoms with Crippen LogP contribution in [-0.4, -0.2) is 20.2 Å². The molecule has 0 saturated carbocycles. The fourth-order valence-electron chi connectivity index (χ4n) is 4.18. The van der Waals surface area contributed by atoms with E-state index in [0.29, 0.717) is 0 Å². The standard InChI is InChI=1S/2C13H9N.C7H8O2/c2*1-3-7-12-10(5-1)9-11-6-2-4-8-13(11)14-12;1-5-2-6(8)4-7(9)3-5/h2*1-9H;2-4,8-9H,1H3. The summed E-state index contributed by atoms with van der Waals surface area (Å²) in [7, 11) is 0. The average Bonchev–Trinajstić information content (AvgIpc) is 2.90. The zero-order chi connectivity index (χ0) is 25.6. The lowest BCUT2D eigenvalue weighted by atomic mass is 10.1. The van der Waals surface area contributed by atoms with E-state index in [1.54, 1.807) is 19.1 Å². The molecule has 0 atom stereocenters. The molecule has 4 heteroatoms. The Morgan fingerprint density at radius 3 is 1.00 bits per heavy atom. The first-order chi connectivity index (χ1) is 18.0. The van der Waals surface area contributed by atoms with Crippen LogP contribution in [0.5, 0.6) is 11.5 Å². The first kappa shape index (κ1) is 23.8. The van der Waals surface area contributed by atoms with Crippen LogP contribution in [0.2, 0.25) is 0 Å². The smallest absolute Gasteiger partial charge is 0.119 e. The van der Waals surface area contributed by atoms with E-state index in [9.17, 15) is 0 Å². The number of aromatic hydroxyl groups is 2. The number of hydrogen-bond acceptors (Lipinski definition) is 4. The van der Waals surface area contributed by atoms with Crippen molar-refractivity contribution in [3.8, 4) is 11.5 Å². The van der Waals surface area contributed by atoms with Crippen LogP contribution in [0.25, 0.3) is 43.6 Å². The molecule has 0 fully saturated rings. The third kappa shape index (κ3) is 5.82. The molecule has 0 saturated heterocycles. The third-order valence-electron chi connectivity index (χ3n) is 5.90. The lowest BCUT2D eigenvalue weighted by Gasteiger charge is -1.99. The molecule has 0 spiro atoms. The lowest BCUT2D eigenvalue weighted by molar-refractivity contribution is 0.450. The molecular weight excluding hydrogens is 456 g/mol. The van der Waals surface area contributed by atoms with Crippen molar-refractivity contribution < 1.29 is 10.2 Å². The Morgan fingerprint density at radius 2 is 0.703 bits per heavy atom. The lowest BCUT2D eigenvalue weighted by Crippen LogP contribution is -1.80. The largest absolute Gasteiger partial charge is 0.508 e. The summed E-state index contributed by atoms with van der Waals surface area (Å²) < 4.78 is 0. The highest BCUT2D eigenvalue weighted by molar-refractivity contribution is 5.93. The number of aryl methyl sites for hydroxylation is 1. The van der Waals surface area contributed by atoms with Gasteiger partial charge in [-0.15, -0.1) is 0 Å². The van der Waals surface area contributed by atoms with E-state index in [2.05, 4.69) is 46.4 Å². The summed E-state index contributed by atoms with van der Waals surface area (Å²) in [5.74, 6) is 0.208. The average molecular weight is 483 g/mol. The predicted molar refractivity (Wildman–Crippen MR) is 153 cm³/mol. The molecule has 0 aliphatic heterocycles. The van der Waals surface area contributed by atoms with E-state index in [1.807, 2.05) is 72.8 Å². The summed E-state index contributed by atoms with van der Waals surface area (Å²) >= 11 is 0. The number of hydrogen-bond donors (Lipinski definition) is 2. The Hall–Kier alpha value is -4.96. The van der Waals surface area contributed by atoms with Gasteiger partial charge in [0.15, 0.2) is 0 Å². The number of phenols is 2. The minimum atomic E-state index is 0.104. The van der Waals surface area contributed by atoms with E-state index in [1.165, 1.54) is 27.6 Å². The van der Waals surface area contributed by atoms with E-state index in [0.717, 1.165) is 27.6 Å². The van der Waals surface area contributed by atoms with E-state index < -0.39 is 0 Å². The van der Waals surface area contributed by atoms with Crippen molar-refractivity contribution in [3.63, 3.8) is 0 Å². The zero-order valence-electron chi connectivity index (χ0n) is 20.4. The zero-order valence-corrected chi connectivity index (χ0v) is 20.4. The second-order valence-corrected chi connectivity index (χ2v) is 8.77. The van der Waals surface area contributed by atoms with Crippen molar-refractivity contribution in [2.24, 2.45) is 0 Å². The minimum absolute atomic E-state index is 0.104. The number of para-hydroxylation sites is 4. The normalized spacial score (nSPS) is 10.5. The summed E-state index contributed by atoms with van der Waals surface area (Å²) in [5.41, 5.74) is 5.10. The Kier molecular flexibility index (Phi) is 6.91. The van der Waals surface area contributed by atoms with Crippen molar-refractivity contribution in [3.05, 3.63) is 133 Å². The Labute approximate surface area is 215 Å². The Bertz CT molecular complexity index is 1460.